The van der Waals surface area contributed by atoms with Gasteiger partial charge in [0.15, 0.2) is 0 Å². The highest BCUT2D eigenvalue weighted by molar-refractivity contribution is 5.91. The van der Waals surface area contributed by atoms with Crippen LogP contribution in [0.3, 0.4) is 0 Å². The number of hydrogen-bond donors (Lipinski definition) is 3. The molecular weight excluding hydrogens is 270 g/mol. The van der Waals surface area contributed by atoms with Crippen LogP contribution >= 0.6 is 0 Å². The highest BCUT2D eigenvalue weighted by Gasteiger charge is 2.21. The van der Waals surface area contributed by atoms with Gasteiger partial charge in [-0.3, -0.25) is 10.1 Å². The summed E-state index contributed by atoms with van der Waals surface area (Å²) in [6, 6.07) is -1.96. The van der Waals surface area contributed by atoms with Crippen LogP contribution < -0.4 is 10.6 Å². The summed E-state index contributed by atoms with van der Waals surface area (Å²) >= 11 is 0. The SMILES string of the molecule is COC(=O)CC[C@H](NC(=O)Nc1ncnn1C)C(=O)O. The number of aliphatic carboxylic acids is 1. The highest BCUT2D eigenvalue weighted by Crippen LogP contribution is 2.02. The molecule has 0 bridgehead atoms. The maximum Gasteiger partial charge on any atom is 0.326 e. The van der Waals surface area contributed by atoms with Gasteiger partial charge in [-0.05, 0) is 6.42 Å². The quantitative estimate of drug-likeness (QED) is 0.590. The van der Waals surface area contributed by atoms with E-state index < -0.39 is 24.0 Å². The zero-order valence-corrected chi connectivity index (χ0v) is 11.0. The lowest BCUT2D eigenvalue weighted by atomic mass is 10.1. The van der Waals surface area contributed by atoms with Crippen LogP contribution in [0.5, 0.6) is 0 Å². The number of urea groups is 1. The van der Waals surface area contributed by atoms with E-state index in [0.717, 1.165) is 0 Å². The monoisotopic (exact) mass is 285 g/mol. The Bertz CT molecular complexity index is 500. The molecule has 0 aliphatic rings. The van der Waals surface area contributed by atoms with Gasteiger partial charge < -0.3 is 15.2 Å². The average molecular weight is 285 g/mol. The van der Waals surface area contributed by atoms with Crippen LogP contribution in [0.25, 0.3) is 0 Å². The number of aryl methyl sites for hydroxylation is 1. The summed E-state index contributed by atoms with van der Waals surface area (Å²) in [5.41, 5.74) is 0. The van der Waals surface area contributed by atoms with E-state index in [9.17, 15) is 14.4 Å². The first-order valence-corrected chi connectivity index (χ1v) is 5.65. The van der Waals surface area contributed by atoms with Crippen LogP contribution in [0.4, 0.5) is 10.7 Å². The highest BCUT2D eigenvalue weighted by atomic mass is 16.5. The molecule has 10 heteroatoms. The predicted molar refractivity (Wildman–Crippen MR) is 65.8 cm³/mol. The number of rotatable bonds is 6. The van der Waals surface area contributed by atoms with E-state index in [4.69, 9.17) is 5.11 Å². The van der Waals surface area contributed by atoms with E-state index in [2.05, 4.69) is 25.5 Å². The number of nitrogens with one attached hydrogen (secondary N) is 2. The molecule has 1 heterocycles. The maximum absolute atomic E-state index is 11.6. The van der Waals surface area contributed by atoms with E-state index in [1.165, 1.54) is 18.1 Å². The molecule has 2 amide bonds. The Morgan fingerprint density at radius 3 is 2.70 bits per heavy atom. The molecular formula is C10H15N5O5. The van der Waals surface area contributed by atoms with E-state index in [0.29, 0.717) is 0 Å². The molecule has 110 valence electrons. The standard InChI is InChI=1S/C10H15N5O5/c1-15-9(11-5-12-15)14-10(19)13-6(8(17)18)3-4-7(16)20-2/h5-6H,3-4H2,1-2H3,(H,17,18)(H2,11,12,13,14,19)/t6-/m0/s1. The smallest absolute Gasteiger partial charge is 0.326 e. The molecule has 1 atom stereocenters. The number of anilines is 1. The number of aromatic nitrogens is 3. The molecule has 20 heavy (non-hydrogen) atoms. The molecule has 0 spiro atoms. The summed E-state index contributed by atoms with van der Waals surface area (Å²) in [5.74, 6) is -1.63. The van der Waals surface area contributed by atoms with Crippen molar-refractivity contribution >= 4 is 23.9 Å². The lowest BCUT2D eigenvalue weighted by molar-refractivity contribution is -0.142. The van der Waals surface area contributed by atoms with Crippen LogP contribution in [-0.4, -0.2) is 51.0 Å². The molecule has 0 aliphatic heterocycles. The minimum absolute atomic E-state index is 0.0752. The number of ether oxygens (including phenoxy) is 1. The van der Waals surface area contributed by atoms with Crippen LogP contribution in [0.2, 0.25) is 0 Å². The van der Waals surface area contributed by atoms with Gasteiger partial charge in [-0.15, -0.1) is 0 Å². The molecule has 1 rings (SSSR count). The molecule has 1 aromatic heterocycles. The zero-order valence-electron chi connectivity index (χ0n) is 11.0. The van der Waals surface area contributed by atoms with Gasteiger partial charge in [0.2, 0.25) is 5.95 Å². The molecule has 0 fully saturated rings. The van der Waals surface area contributed by atoms with Gasteiger partial charge in [0.25, 0.3) is 0 Å². The van der Waals surface area contributed by atoms with Crippen molar-refractivity contribution in [2.24, 2.45) is 7.05 Å². The Labute approximate surface area is 114 Å². The van der Waals surface area contributed by atoms with Crippen molar-refractivity contribution in [3.8, 4) is 0 Å². The molecule has 3 N–H and O–H groups in total. The maximum atomic E-state index is 11.6. The van der Waals surface area contributed by atoms with Gasteiger partial charge in [0, 0.05) is 13.5 Å². The number of carbonyl (C=O) groups excluding carboxylic acids is 2. The number of amides is 2. The number of methoxy groups -OCH3 is 1. The number of carboxylic acids is 1. The van der Waals surface area contributed by atoms with Crippen LogP contribution in [0.1, 0.15) is 12.8 Å². The van der Waals surface area contributed by atoms with Gasteiger partial charge in [-0.2, -0.15) is 10.1 Å². The lowest BCUT2D eigenvalue weighted by Gasteiger charge is -2.14. The van der Waals surface area contributed by atoms with Gasteiger partial charge >= 0.3 is 18.0 Å². The van der Waals surface area contributed by atoms with Gasteiger partial charge in [0.1, 0.15) is 12.4 Å². The fourth-order valence-corrected chi connectivity index (χ4v) is 1.33. The van der Waals surface area contributed by atoms with E-state index in [1.54, 1.807) is 7.05 Å². The second-order valence-corrected chi connectivity index (χ2v) is 3.81. The second-order valence-electron chi connectivity index (χ2n) is 3.81. The number of carbonyl (C=O) groups is 3. The minimum atomic E-state index is -1.25. The predicted octanol–water partition coefficient (Wildman–Crippen LogP) is -0.657. The minimum Gasteiger partial charge on any atom is -0.480 e. The van der Waals surface area contributed by atoms with Crippen molar-refractivity contribution in [2.75, 3.05) is 12.4 Å². The Morgan fingerprint density at radius 1 is 1.50 bits per heavy atom. The molecule has 0 unspecified atom stereocenters. The average Bonchev–Trinajstić information content (AvgIpc) is 2.79. The van der Waals surface area contributed by atoms with E-state index >= 15 is 0 Å². The molecule has 0 aromatic carbocycles. The third-order valence-electron chi connectivity index (χ3n) is 2.40. The Morgan fingerprint density at radius 2 is 2.20 bits per heavy atom. The first-order chi connectivity index (χ1) is 9.43. The van der Waals surface area contributed by atoms with Crippen LogP contribution in [-0.2, 0) is 21.4 Å². The first kappa shape index (κ1) is 15.4. The fraction of sp³-hybridized carbons (Fsp3) is 0.500. The summed E-state index contributed by atoms with van der Waals surface area (Å²) < 4.78 is 5.71. The fourth-order valence-electron chi connectivity index (χ4n) is 1.33. The molecule has 1 aromatic rings. The first-order valence-electron chi connectivity index (χ1n) is 5.65. The number of hydrogen-bond acceptors (Lipinski definition) is 6. The number of carboxylic acid groups (broad SMARTS) is 1. The van der Waals surface area contributed by atoms with Crippen molar-refractivity contribution < 1.29 is 24.2 Å². The van der Waals surface area contributed by atoms with Crippen LogP contribution in [0.15, 0.2) is 6.33 Å². The number of nitrogens with zero attached hydrogens (tertiary/aromatic N) is 3. The molecule has 0 radical (unpaired) electrons. The van der Waals surface area contributed by atoms with Crippen molar-refractivity contribution in [2.45, 2.75) is 18.9 Å². The summed E-state index contributed by atoms with van der Waals surface area (Å²) in [6.45, 7) is 0. The third-order valence-corrected chi connectivity index (χ3v) is 2.40. The summed E-state index contributed by atoms with van der Waals surface area (Å²) in [6.07, 6.45) is 1.05. The Balaban J connectivity index is 2.53. The van der Waals surface area contributed by atoms with Crippen molar-refractivity contribution in [1.82, 2.24) is 20.1 Å². The molecule has 0 aliphatic carbocycles. The van der Waals surface area contributed by atoms with E-state index in [1.807, 2.05) is 0 Å². The largest absolute Gasteiger partial charge is 0.480 e. The topological polar surface area (TPSA) is 135 Å². The van der Waals surface area contributed by atoms with E-state index in [-0.39, 0.29) is 18.8 Å². The van der Waals surface area contributed by atoms with Gasteiger partial charge in [-0.25, -0.2) is 14.3 Å². The van der Waals surface area contributed by atoms with Crippen molar-refractivity contribution in [1.29, 1.82) is 0 Å². The summed E-state index contributed by atoms with van der Waals surface area (Å²) in [4.78, 5) is 37.3. The van der Waals surface area contributed by atoms with Crippen LogP contribution in [0, 0.1) is 0 Å². The summed E-state index contributed by atoms with van der Waals surface area (Å²) in [7, 11) is 2.76. The molecule has 0 saturated carbocycles. The summed E-state index contributed by atoms with van der Waals surface area (Å²) in [5, 5.41) is 17.3. The van der Waals surface area contributed by atoms with Crippen molar-refractivity contribution in [3.63, 3.8) is 0 Å². The lowest BCUT2D eigenvalue weighted by Crippen LogP contribution is -2.43. The molecule has 0 saturated heterocycles. The van der Waals surface area contributed by atoms with Gasteiger partial charge in [-0.1, -0.05) is 0 Å². The normalized spacial score (nSPS) is 11.5. The molecule has 10 nitrogen and oxygen atoms in total. The third kappa shape index (κ3) is 4.55. The van der Waals surface area contributed by atoms with Crippen molar-refractivity contribution in [3.05, 3.63) is 6.33 Å². The second kappa shape index (κ2) is 7.07. The van der Waals surface area contributed by atoms with Gasteiger partial charge in [0.05, 0.1) is 7.11 Å². The number of esters is 1. The zero-order chi connectivity index (χ0) is 15.1. The Kier molecular flexibility index (Phi) is 5.44. The Hall–Kier alpha value is -2.65.